The minimum Gasteiger partial charge on any atom is -0.351 e. The van der Waals surface area contributed by atoms with Crippen LogP contribution in [-0.4, -0.2) is 10.4 Å². The van der Waals surface area contributed by atoms with E-state index in [0.29, 0.717) is 0 Å². The van der Waals surface area contributed by atoms with Crippen LogP contribution in [-0.2, 0) is 7.05 Å². The van der Waals surface area contributed by atoms with Crippen molar-refractivity contribution in [3.8, 4) is 11.3 Å². The smallest absolute Gasteiger partial charge is 0.160 e. The molecule has 0 saturated carbocycles. The summed E-state index contributed by atoms with van der Waals surface area (Å²) in [4.78, 5) is 11.5. The van der Waals surface area contributed by atoms with E-state index in [9.17, 15) is 4.79 Å². The number of hydrogen-bond acceptors (Lipinski definition) is 1. The standard InChI is InChI=1S/C13H13NO/c1-10(15)11-6-3-4-7-12(11)13-8-5-9-14(13)2/h3-9H,1-2H3. The lowest BCUT2D eigenvalue weighted by Gasteiger charge is -2.07. The summed E-state index contributed by atoms with van der Waals surface area (Å²) in [6.07, 6.45) is 1.98. The molecule has 0 aliphatic rings. The van der Waals surface area contributed by atoms with Crippen LogP contribution in [0.1, 0.15) is 17.3 Å². The van der Waals surface area contributed by atoms with Crippen LogP contribution in [0.2, 0.25) is 0 Å². The van der Waals surface area contributed by atoms with E-state index in [2.05, 4.69) is 0 Å². The van der Waals surface area contributed by atoms with E-state index in [4.69, 9.17) is 0 Å². The van der Waals surface area contributed by atoms with Gasteiger partial charge in [-0.3, -0.25) is 4.79 Å². The highest BCUT2D eigenvalue weighted by atomic mass is 16.1. The van der Waals surface area contributed by atoms with Crippen LogP contribution in [0.5, 0.6) is 0 Å². The summed E-state index contributed by atoms with van der Waals surface area (Å²) in [6, 6.07) is 11.7. The largest absolute Gasteiger partial charge is 0.351 e. The Hall–Kier alpha value is -1.83. The van der Waals surface area contributed by atoms with Gasteiger partial charge in [0.1, 0.15) is 0 Å². The van der Waals surface area contributed by atoms with Gasteiger partial charge in [-0.25, -0.2) is 0 Å². The third-order valence-corrected chi connectivity index (χ3v) is 2.53. The second kappa shape index (κ2) is 3.73. The highest BCUT2D eigenvalue weighted by Crippen LogP contribution is 2.23. The molecule has 0 amide bonds. The lowest BCUT2D eigenvalue weighted by atomic mass is 10.0. The summed E-state index contributed by atoms with van der Waals surface area (Å²) in [5, 5.41) is 0. The van der Waals surface area contributed by atoms with E-state index >= 15 is 0 Å². The predicted molar refractivity (Wildman–Crippen MR) is 60.9 cm³/mol. The molecule has 0 atom stereocenters. The summed E-state index contributed by atoms with van der Waals surface area (Å²) in [7, 11) is 1.98. The number of carbonyl (C=O) groups is 1. The Balaban J connectivity index is 2.63. The molecule has 0 unspecified atom stereocenters. The number of rotatable bonds is 2. The highest BCUT2D eigenvalue weighted by molar-refractivity contribution is 6.00. The Morgan fingerprint density at radius 3 is 2.47 bits per heavy atom. The SMILES string of the molecule is CC(=O)c1ccccc1-c1cccn1C. The monoisotopic (exact) mass is 199 g/mol. The number of Topliss-reactive ketones (excluding diaryl/α,β-unsaturated/α-hetero) is 1. The van der Waals surface area contributed by atoms with Crippen molar-refractivity contribution in [3.05, 3.63) is 48.2 Å². The van der Waals surface area contributed by atoms with Crippen molar-refractivity contribution >= 4 is 5.78 Å². The van der Waals surface area contributed by atoms with Gasteiger partial charge < -0.3 is 4.57 Å². The predicted octanol–water partition coefficient (Wildman–Crippen LogP) is 2.89. The molecular weight excluding hydrogens is 186 g/mol. The van der Waals surface area contributed by atoms with Gasteiger partial charge in [0.2, 0.25) is 0 Å². The first-order chi connectivity index (χ1) is 7.20. The van der Waals surface area contributed by atoms with Crippen molar-refractivity contribution in [1.82, 2.24) is 4.57 Å². The zero-order valence-electron chi connectivity index (χ0n) is 8.90. The Bertz CT molecular complexity index is 497. The van der Waals surface area contributed by atoms with Gasteiger partial charge in [0.05, 0.1) is 0 Å². The van der Waals surface area contributed by atoms with Gasteiger partial charge in [-0.2, -0.15) is 0 Å². The van der Waals surface area contributed by atoms with Crippen molar-refractivity contribution in [2.45, 2.75) is 6.92 Å². The maximum Gasteiger partial charge on any atom is 0.160 e. The van der Waals surface area contributed by atoms with E-state index in [-0.39, 0.29) is 5.78 Å². The number of aryl methyl sites for hydroxylation is 1. The third-order valence-electron chi connectivity index (χ3n) is 2.53. The highest BCUT2D eigenvalue weighted by Gasteiger charge is 2.09. The van der Waals surface area contributed by atoms with Gasteiger partial charge in [-0.1, -0.05) is 24.3 Å². The molecule has 0 aliphatic carbocycles. The number of aromatic nitrogens is 1. The first-order valence-corrected chi connectivity index (χ1v) is 4.92. The van der Waals surface area contributed by atoms with Crippen molar-refractivity contribution in [2.75, 3.05) is 0 Å². The van der Waals surface area contributed by atoms with Gasteiger partial charge in [0.15, 0.2) is 5.78 Å². The average molecular weight is 199 g/mol. The number of nitrogens with zero attached hydrogens (tertiary/aromatic N) is 1. The number of benzene rings is 1. The fourth-order valence-corrected chi connectivity index (χ4v) is 1.75. The quantitative estimate of drug-likeness (QED) is 0.682. The van der Waals surface area contributed by atoms with Crippen LogP contribution in [0, 0.1) is 0 Å². The second-order valence-corrected chi connectivity index (χ2v) is 3.61. The number of ketones is 1. The lowest BCUT2D eigenvalue weighted by molar-refractivity contribution is 0.101. The van der Waals surface area contributed by atoms with Crippen molar-refractivity contribution in [2.24, 2.45) is 7.05 Å². The fraction of sp³-hybridized carbons (Fsp3) is 0.154. The van der Waals surface area contributed by atoms with Crippen LogP contribution >= 0.6 is 0 Å². The van der Waals surface area contributed by atoms with E-state index < -0.39 is 0 Å². The van der Waals surface area contributed by atoms with Crippen molar-refractivity contribution in [1.29, 1.82) is 0 Å². The minimum absolute atomic E-state index is 0.104. The molecule has 1 aromatic carbocycles. The molecule has 2 aromatic rings. The Morgan fingerprint density at radius 2 is 1.87 bits per heavy atom. The average Bonchev–Trinajstić information content (AvgIpc) is 2.64. The maximum atomic E-state index is 11.5. The van der Waals surface area contributed by atoms with E-state index in [1.54, 1.807) is 6.92 Å². The molecule has 1 aromatic heterocycles. The van der Waals surface area contributed by atoms with Crippen LogP contribution in [0.4, 0.5) is 0 Å². The van der Waals surface area contributed by atoms with E-state index in [1.165, 1.54) is 0 Å². The van der Waals surface area contributed by atoms with Gasteiger partial charge in [-0.15, -0.1) is 0 Å². The third kappa shape index (κ3) is 1.71. The van der Waals surface area contributed by atoms with Gasteiger partial charge in [0, 0.05) is 30.1 Å². The summed E-state index contributed by atoms with van der Waals surface area (Å²) < 4.78 is 2.02. The molecule has 0 radical (unpaired) electrons. The van der Waals surface area contributed by atoms with Crippen molar-refractivity contribution < 1.29 is 4.79 Å². The minimum atomic E-state index is 0.104. The molecule has 0 aliphatic heterocycles. The molecular formula is C13H13NO. The van der Waals surface area contributed by atoms with Crippen LogP contribution in [0.25, 0.3) is 11.3 Å². The molecule has 76 valence electrons. The maximum absolute atomic E-state index is 11.5. The summed E-state index contributed by atoms with van der Waals surface area (Å²) in [5.74, 6) is 0.104. The molecule has 2 rings (SSSR count). The Kier molecular flexibility index (Phi) is 2.42. The second-order valence-electron chi connectivity index (χ2n) is 3.61. The van der Waals surface area contributed by atoms with Crippen LogP contribution in [0.3, 0.4) is 0 Å². The van der Waals surface area contributed by atoms with Gasteiger partial charge >= 0.3 is 0 Å². The normalized spacial score (nSPS) is 10.3. The molecule has 2 heteroatoms. The van der Waals surface area contributed by atoms with Crippen LogP contribution in [0.15, 0.2) is 42.6 Å². The number of carbonyl (C=O) groups excluding carboxylic acids is 1. The van der Waals surface area contributed by atoms with E-state index in [0.717, 1.165) is 16.8 Å². The van der Waals surface area contributed by atoms with Crippen LogP contribution < -0.4 is 0 Å². The lowest BCUT2D eigenvalue weighted by Crippen LogP contribution is -1.98. The molecule has 2 nitrogen and oxygen atoms in total. The molecule has 0 N–H and O–H groups in total. The fourth-order valence-electron chi connectivity index (χ4n) is 1.75. The number of hydrogen-bond donors (Lipinski definition) is 0. The summed E-state index contributed by atoms with van der Waals surface area (Å²) >= 11 is 0. The van der Waals surface area contributed by atoms with Gasteiger partial charge in [0.25, 0.3) is 0 Å². The van der Waals surface area contributed by atoms with E-state index in [1.807, 2.05) is 54.2 Å². The molecule has 0 bridgehead atoms. The first-order valence-electron chi connectivity index (χ1n) is 4.92. The van der Waals surface area contributed by atoms with Crippen molar-refractivity contribution in [3.63, 3.8) is 0 Å². The zero-order valence-corrected chi connectivity index (χ0v) is 8.90. The first kappa shape index (κ1) is 9.71. The molecule has 0 saturated heterocycles. The molecule has 1 heterocycles. The van der Waals surface area contributed by atoms with Gasteiger partial charge in [-0.05, 0) is 19.1 Å². The Morgan fingerprint density at radius 1 is 1.13 bits per heavy atom. The molecule has 0 fully saturated rings. The topological polar surface area (TPSA) is 22.0 Å². The molecule has 15 heavy (non-hydrogen) atoms. The zero-order chi connectivity index (χ0) is 10.8. The summed E-state index contributed by atoms with van der Waals surface area (Å²) in [5.41, 5.74) is 2.85. The summed E-state index contributed by atoms with van der Waals surface area (Å²) in [6.45, 7) is 1.60. The molecule has 0 spiro atoms. The Labute approximate surface area is 89.2 Å².